The summed E-state index contributed by atoms with van der Waals surface area (Å²) in [5, 5.41) is 0. The third-order valence-electron chi connectivity index (χ3n) is 5.11. The number of hydrogen-bond donors (Lipinski definition) is 1. The summed E-state index contributed by atoms with van der Waals surface area (Å²) in [6, 6.07) is 15.9. The molecule has 1 unspecified atom stereocenters. The number of aryl methyl sites for hydroxylation is 2. The van der Waals surface area contributed by atoms with Crippen LogP contribution in [0.4, 0.5) is 13.2 Å². The summed E-state index contributed by atoms with van der Waals surface area (Å²) in [6.45, 7) is 4.77. The van der Waals surface area contributed by atoms with Crippen molar-refractivity contribution in [3.8, 4) is 0 Å². The molecule has 2 aliphatic rings. The van der Waals surface area contributed by atoms with E-state index in [0.717, 1.165) is 51.0 Å². The van der Waals surface area contributed by atoms with Gasteiger partial charge in [0, 0.05) is 11.1 Å². The van der Waals surface area contributed by atoms with Crippen molar-refractivity contribution in [3.05, 3.63) is 87.6 Å². The molecule has 4 rings (SSSR count). The van der Waals surface area contributed by atoms with E-state index in [9.17, 15) is 13.2 Å². The number of nitrogens with one attached hydrogen (secondary N) is 1. The number of rotatable bonds is 4. The van der Waals surface area contributed by atoms with Crippen LogP contribution in [0.3, 0.4) is 0 Å². The Morgan fingerprint density at radius 3 is 2.30 bits per heavy atom. The van der Waals surface area contributed by atoms with Gasteiger partial charge in [-0.05, 0) is 43.0 Å². The van der Waals surface area contributed by atoms with E-state index in [1.54, 1.807) is 4.41 Å². The van der Waals surface area contributed by atoms with E-state index in [2.05, 4.69) is 5.43 Å². The van der Waals surface area contributed by atoms with Crippen molar-refractivity contribution in [2.75, 3.05) is 19.0 Å². The van der Waals surface area contributed by atoms with Gasteiger partial charge in [-0.2, -0.15) is 13.2 Å². The molecule has 0 aliphatic carbocycles. The average Bonchev–Trinajstić information content (AvgIpc) is 3.08. The summed E-state index contributed by atoms with van der Waals surface area (Å²) < 4.78 is 46.3. The molecule has 0 saturated carbocycles. The van der Waals surface area contributed by atoms with Crippen molar-refractivity contribution in [2.24, 2.45) is 0 Å². The molecule has 0 bridgehead atoms. The fourth-order valence-electron chi connectivity index (χ4n) is 3.60. The van der Waals surface area contributed by atoms with Gasteiger partial charge in [0.15, 0.2) is 0 Å². The van der Waals surface area contributed by atoms with Crippen molar-refractivity contribution >= 4 is 18.0 Å². The van der Waals surface area contributed by atoms with Crippen LogP contribution in [0.5, 0.6) is 0 Å². The second-order valence-electron chi connectivity index (χ2n) is 7.60. The molecule has 0 radical (unpaired) electrons. The Hall–Kier alpha value is -2.22. The van der Waals surface area contributed by atoms with Gasteiger partial charge in [0.25, 0.3) is 0 Å². The highest BCUT2D eigenvalue weighted by Gasteiger charge is 2.39. The summed E-state index contributed by atoms with van der Waals surface area (Å²) in [7, 11) is 0. The second-order valence-corrected chi connectivity index (χ2v) is 8.51. The monoisotopic (exact) mass is 432 g/mol. The number of nitrogens with zero attached hydrogens (tertiary/aromatic N) is 1. The second kappa shape index (κ2) is 8.49. The third-order valence-corrected chi connectivity index (χ3v) is 6.11. The third kappa shape index (κ3) is 4.74. The van der Waals surface area contributed by atoms with Gasteiger partial charge in [0.2, 0.25) is 0 Å². The minimum atomic E-state index is -4.25. The molecular formula is C23H23F3N2OS. The van der Waals surface area contributed by atoms with Gasteiger partial charge in [-0.3, -0.25) is 0 Å². The maximum atomic E-state index is 12.9. The van der Waals surface area contributed by atoms with Gasteiger partial charge in [-0.1, -0.05) is 59.7 Å². The normalized spacial score (nSPS) is 20.8. The van der Waals surface area contributed by atoms with Crippen LogP contribution in [0.1, 0.15) is 28.3 Å². The Labute approximate surface area is 178 Å². The van der Waals surface area contributed by atoms with E-state index in [1.165, 1.54) is 0 Å². The molecule has 2 heterocycles. The van der Waals surface area contributed by atoms with Crippen LogP contribution in [0.15, 0.2) is 65.4 Å². The highest BCUT2D eigenvalue weighted by Crippen LogP contribution is 2.42. The maximum Gasteiger partial charge on any atom is 0.399 e. The van der Waals surface area contributed by atoms with Crippen molar-refractivity contribution in [1.29, 1.82) is 0 Å². The predicted molar refractivity (Wildman–Crippen MR) is 114 cm³/mol. The van der Waals surface area contributed by atoms with Crippen LogP contribution in [0.2, 0.25) is 0 Å². The standard InChI is InChI=1S/C23H23F3N2OS/c1-15-3-7-17(8-4-15)11-19-12-29-13-20-21(18-9-5-16(2)6-10-18)27-28(22(19)20)30-14-23(24,25)26/h3-11,21,27H,12-14H2,1-2H3. The van der Waals surface area contributed by atoms with Crippen molar-refractivity contribution in [1.82, 2.24) is 9.84 Å². The number of halogens is 3. The quantitative estimate of drug-likeness (QED) is 0.623. The fourth-order valence-corrected chi connectivity index (χ4v) is 4.42. The molecule has 0 aromatic heterocycles. The zero-order valence-electron chi connectivity index (χ0n) is 16.8. The number of alkyl halides is 3. The number of benzene rings is 2. The molecule has 2 aromatic carbocycles. The highest BCUT2D eigenvalue weighted by molar-refractivity contribution is 7.97. The summed E-state index contributed by atoms with van der Waals surface area (Å²) in [5.41, 5.74) is 10.2. The lowest BCUT2D eigenvalue weighted by Crippen LogP contribution is -2.30. The molecule has 0 fully saturated rings. The Kier molecular flexibility index (Phi) is 5.95. The average molecular weight is 433 g/mol. The van der Waals surface area contributed by atoms with Crippen LogP contribution < -0.4 is 5.43 Å². The molecule has 2 aliphatic heterocycles. The highest BCUT2D eigenvalue weighted by atomic mass is 32.2. The first-order chi connectivity index (χ1) is 14.3. The zero-order chi connectivity index (χ0) is 21.3. The molecule has 0 spiro atoms. The predicted octanol–water partition coefficient (Wildman–Crippen LogP) is 5.74. The van der Waals surface area contributed by atoms with Gasteiger partial charge < -0.3 is 4.74 Å². The van der Waals surface area contributed by atoms with Crippen LogP contribution in [-0.2, 0) is 4.74 Å². The van der Waals surface area contributed by atoms with Gasteiger partial charge in [0.05, 0.1) is 25.0 Å². The Balaban J connectivity index is 1.72. The Morgan fingerprint density at radius 2 is 1.67 bits per heavy atom. The van der Waals surface area contributed by atoms with E-state index < -0.39 is 11.9 Å². The molecule has 7 heteroatoms. The number of ether oxygens (including phenoxy) is 1. The summed E-state index contributed by atoms with van der Waals surface area (Å²) in [5.74, 6) is -0.962. The van der Waals surface area contributed by atoms with Gasteiger partial charge in [0.1, 0.15) is 5.75 Å². The summed E-state index contributed by atoms with van der Waals surface area (Å²) in [4.78, 5) is 0. The first-order valence-corrected chi connectivity index (χ1v) is 10.7. The lowest BCUT2D eigenvalue weighted by Gasteiger charge is -2.25. The van der Waals surface area contributed by atoms with E-state index in [1.807, 2.05) is 68.5 Å². The van der Waals surface area contributed by atoms with Crippen molar-refractivity contribution < 1.29 is 17.9 Å². The van der Waals surface area contributed by atoms with Crippen molar-refractivity contribution in [2.45, 2.75) is 26.1 Å². The molecular weight excluding hydrogens is 409 g/mol. The Bertz CT molecular complexity index is 965. The molecule has 30 heavy (non-hydrogen) atoms. The maximum absolute atomic E-state index is 12.9. The molecule has 3 nitrogen and oxygen atoms in total. The zero-order valence-corrected chi connectivity index (χ0v) is 17.6. The first-order valence-electron chi connectivity index (χ1n) is 9.71. The lowest BCUT2D eigenvalue weighted by atomic mass is 9.94. The van der Waals surface area contributed by atoms with Gasteiger partial charge in [-0.15, -0.1) is 0 Å². The summed E-state index contributed by atoms with van der Waals surface area (Å²) >= 11 is 0.738. The molecule has 0 amide bonds. The lowest BCUT2D eigenvalue weighted by molar-refractivity contribution is -0.105. The SMILES string of the molecule is Cc1ccc(C=C2COCC3=C2N(SCC(F)(F)F)NC3c2ccc(C)cc2)cc1. The smallest absolute Gasteiger partial charge is 0.372 e. The first kappa shape index (κ1) is 21.0. The van der Waals surface area contributed by atoms with Crippen LogP contribution in [-0.4, -0.2) is 29.6 Å². The van der Waals surface area contributed by atoms with Crippen molar-refractivity contribution in [3.63, 3.8) is 0 Å². The van der Waals surface area contributed by atoms with E-state index in [-0.39, 0.29) is 6.04 Å². The number of hydrogen-bond acceptors (Lipinski definition) is 4. The van der Waals surface area contributed by atoms with Gasteiger partial charge >= 0.3 is 6.18 Å². The molecule has 1 atom stereocenters. The van der Waals surface area contributed by atoms with E-state index in [4.69, 9.17) is 4.74 Å². The fraction of sp³-hybridized carbons (Fsp3) is 0.304. The largest absolute Gasteiger partial charge is 0.399 e. The molecule has 0 saturated heterocycles. The number of hydrazine groups is 1. The van der Waals surface area contributed by atoms with E-state index >= 15 is 0 Å². The summed E-state index contributed by atoms with van der Waals surface area (Å²) in [6.07, 6.45) is -2.25. The Morgan fingerprint density at radius 1 is 1.03 bits per heavy atom. The topological polar surface area (TPSA) is 24.5 Å². The van der Waals surface area contributed by atoms with Gasteiger partial charge in [-0.25, -0.2) is 9.84 Å². The van der Waals surface area contributed by atoms with E-state index in [0.29, 0.717) is 13.2 Å². The van der Waals surface area contributed by atoms with Crippen LogP contribution in [0.25, 0.3) is 6.08 Å². The molecule has 2 aromatic rings. The molecule has 1 N–H and O–H groups in total. The van der Waals surface area contributed by atoms with Crippen LogP contribution in [0, 0.1) is 13.8 Å². The van der Waals surface area contributed by atoms with Crippen LogP contribution >= 0.6 is 11.9 Å². The minimum absolute atomic E-state index is 0.219. The minimum Gasteiger partial charge on any atom is -0.372 e. The molecule has 158 valence electrons.